The van der Waals surface area contributed by atoms with Crippen LogP contribution in [0.1, 0.15) is 17.3 Å². The molecule has 110 valence electrons. The third kappa shape index (κ3) is 3.34. The van der Waals surface area contributed by atoms with Crippen molar-refractivity contribution in [3.63, 3.8) is 0 Å². The summed E-state index contributed by atoms with van der Waals surface area (Å²) in [7, 11) is 0. The summed E-state index contributed by atoms with van der Waals surface area (Å²) in [6.45, 7) is 2.22. The Bertz CT molecular complexity index is 679. The highest BCUT2D eigenvalue weighted by atomic mass is 35.5. The molecule has 8 heteroatoms. The number of aromatic nitrogens is 2. The number of carbonyl (C=O) groups excluding carboxylic acids is 1. The number of nitrogens with zero attached hydrogens (tertiary/aromatic N) is 2. The number of benzene rings is 1. The summed E-state index contributed by atoms with van der Waals surface area (Å²) in [6.07, 6.45) is 1.20. The Hall–Kier alpha value is -2.05. The van der Waals surface area contributed by atoms with Gasteiger partial charge in [-0.15, -0.1) is 0 Å². The van der Waals surface area contributed by atoms with Gasteiger partial charge >= 0.3 is 0 Å². The van der Waals surface area contributed by atoms with E-state index in [0.29, 0.717) is 12.4 Å². The Labute approximate surface area is 131 Å². The minimum absolute atomic E-state index is 0.0491. The van der Waals surface area contributed by atoms with Gasteiger partial charge in [-0.3, -0.25) is 4.79 Å². The maximum atomic E-state index is 12.4. The second-order valence-corrected chi connectivity index (χ2v) is 4.67. The van der Waals surface area contributed by atoms with Gasteiger partial charge in [-0.2, -0.15) is 0 Å². The minimum Gasteiger partial charge on any atom is -0.493 e. The first-order valence-electron chi connectivity index (χ1n) is 6.03. The number of hydrogen-bond acceptors (Lipinski definition) is 5. The highest BCUT2D eigenvalue weighted by molar-refractivity contribution is 6.43. The molecule has 1 aromatic heterocycles. The SMILES string of the molecule is CCOc1cccc(N)c1C(=O)Nc1ncnc(Cl)c1Cl. The van der Waals surface area contributed by atoms with E-state index < -0.39 is 5.91 Å². The summed E-state index contributed by atoms with van der Waals surface area (Å²) in [4.78, 5) is 19.9. The van der Waals surface area contributed by atoms with E-state index in [1.807, 2.05) is 6.92 Å². The lowest BCUT2D eigenvalue weighted by atomic mass is 10.1. The number of nitrogen functional groups attached to an aromatic ring is 1. The summed E-state index contributed by atoms with van der Waals surface area (Å²) in [6, 6.07) is 4.96. The molecule has 0 spiro atoms. The van der Waals surface area contributed by atoms with Gasteiger partial charge in [-0.25, -0.2) is 9.97 Å². The molecule has 3 N–H and O–H groups in total. The molecule has 1 aromatic carbocycles. The van der Waals surface area contributed by atoms with Crippen molar-refractivity contribution in [2.45, 2.75) is 6.92 Å². The van der Waals surface area contributed by atoms with Crippen LogP contribution >= 0.6 is 23.2 Å². The van der Waals surface area contributed by atoms with Gasteiger partial charge in [0.25, 0.3) is 5.91 Å². The fourth-order valence-electron chi connectivity index (χ4n) is 1.67. The summed E-state index contributed by atoms with van der Waals surface area (Å²) in [5, 5.41) is 2.65. The molecule has 0 unspecified atom stereocenters. The van der Waals surface area contributed by atoms with E-state index in [4.69, 9.17) is 33.7 Å². The molecule has 0 fully saturated rings. The Balaban J connectivity index is 2.35. The van der Waals surface area contributed by atoms with Gasteiger partial charge in [0.15, 0.2) is 11.0 Å². The molecule has 21 heavy (non-hydrogen) atoms. The van der Waals surface area contributed by atoms with Crippen LogP contribution in [-0.2, 0) is 0 Å². The Morgan fingerprint density at radius 1 is 1.38 bits per heavy atom. The molecular formula is C13H12Cl2N4O2. The van der Waals surface area contributed by atoms with Crippen molar-refractivity contribution in [3.8, 4) is 5.75 Å². The zero-order valence-electron chi connectivity index (χ0n) is 11.1. The number of hydrogen-bond donors (Lipinski definition) is 2. The van der Waals surface area contributed by atoms with Gasteiger partial charge in [-0.05, 0) is 19.1 Å². The third-order valence-corrected chi connectivity index (χ3v) is 3.31. The Kier molecular flexibility index (Phi) is 4.82. The van der Waals surface area contributed by atoms with E-state index in [2.05, 4.69) is 15.3 Å². The predicted octanol–water partition coefficient (Wildman–Crippen LogP) is 3.02. The van der Waals surface area contributed by atoms with Crippen molar-refractivity contribution in [1.82, 2.24) is 9.97 Å². The molecule has 2 rings (SSSR count). The first-order valence-corrected chi connectivity index (χ1v) is 6.78. The first kappa shape index (κ1) is 15.3. The smallest absolute Gasteiger partial charge is 0.262 e. The molecule has 0 aliphatic rings. The molecule has 0 saturated heterocycles. The molecule has 0 aliphatic heterocycles. The van der Waals surface area contributed by atoms with Gasteiger partial charge in [-0.1, -0.05) is 29.3 Å². The summed E-state index contributed by atoms with van der Waals surface area (Å²) < 4.78 is 5.40. The van der Waals surface area contributed by atoms with Crippen LogP contribution in [0.4, 0.5) is 11.5 Å². The Morgan fingerprint density at radius 3 is 2.86 bits per heavy atom. The van der Waals surface area contributed by atoms with Crippen molar-refractivity contribution < 1.29 is 9.53 Å². The maximum absolute atomic E-state index is 12.4. The average molecular weight is 327 g/mol. The van der Waals surface area contributed by atoms with Crippen LogP contribution in [0, 0.1) is 0 Å². The molecule has 0 radical (unpaired) electrons. The van der Waals surface area contributed by atoms with E-state index in [1.54, 1.807) is 18.2 Å². The lowest BCUT2D eigenvalue weighted by molar-refractivity contribution is 0.102. The number of nitrogens with one attached hydrogen (secondary N) is 1. The fourth-order valence-corrected chi connectivity index (χ4v) is 1.95. The summed E-state index contributed by atoms with van der Waals surface area (Å²) in [5.41, 5.74) is 6.34. The van der Waals surface area contributed by atoms with Gasteiger partial charge < -0.3 is 15.8 Å². The van der Waals surface area contributed by atoms with Crippen LogP contribution in [0.15, 0.2) is 24.5 Å². The van der Waals surface area contributed by atoms with Crippen LogP contribution in [0.3, 0.4) is 0 Å². The van der Waals surface area contributed by atoms with Gasteiger partial charge in [0.1, 0.15) is 22.7 Å². The topological polar surface area (TPSA) is 90.1 Å². The summed E-state index contributed by atoms with van der Waals surface area (Å²) in [5.74, 6) is -0.00754. The van der Waals surface area contributed by atoms with Crippen LogP contribution in [0.25, 0.3) is 0 Å². The quantitative estimate of drug-likeness (QED) is 0.665. The molecule has 1 amide bonds. The lowest BCUT2D eigenvalue weighted by Crippen LogP contribution is -2.17. The molecule has 0 aliphatic carbocycles. The largest absolute Gasteiger partial charge is 0.493 e. The maximum Gasteiger partial charge on any atom is 0.262 e. The number of amides is 1. The normalized spacial score (nSPS) is 10.2. The van der Waals surface area contributed by atoms with Crippen molar-refractivity contribution in [3.05, 3.63) is 40.3 Å². The second-order valence-electron chi connectivity index (χ2n) is 3.93. The number of halogens is 2. The summed E-state index contributed by atoms with van der Waals surface area (Å²) >= 11 is 11.7. The molecule has 0 saturated carbocycles. The van der Waals surface area contributed by atoms with Crippen LogP contribution in [0.2, 0.25) is 10.2 Å². The van der Waals surface area contributed by atoms with Crippen LogP contribution < -0.4 is 15.8 Å². The number of rotatable bonds is 4. The predicted molar refractivity (Wildman–Crippen MR) is 82.0 cm³/mol. The van der Waals surface area contributed by atoms with Crippen LogP contribution in [0.5, 0.6) is 5.75 Å². The average Bonchev–Trinajstić information content (AvgIpc) is 2.44. The molecule has 0 atom stereocenters. The fraction of sp³-hybridized carbons (Fsp3) is 0.154. The monoisotopic (exact) mass is 326 g/mol. The van der Waals surface area contributed by atoms with E-state index in [9.17, 15) is 4.79 Å². The van der Waals surface area contributed by atoms with E-state index in [-0.39, 0.29) is 27.2 Å². The first-order chi connectivity index (χ1) is 10.0. The molecule has 6 nitrogen and oxygen atoms in total. The van der Waals surface area contributed by atoms with E-state index in [0.717, 1.165) is 0 Å². The van der Waals surface area contributed by atoms with E-state index in [1.165, 1.54) is 6.33 Å². The van der Waals surface area contributed by atoms with E-state index >= 15 is 0 Å². The minimum atomic E-state index is -0.492. The van der Waals surface area contributed by atoms with Crippen molar-refractivity contribution in [2.24, 2.45) is 0 Å². The van der Waals surface area contributed by atoms with Crippen molar-refractivity contribution >= 4 is 40.6 Å². The molecule has 2 aromatic rings. The zero-order chi connectivity index (χ0) is 15.4. The standard InChI is InChI=1S/C13H12Cl2N4O2/c1-2-21-8-5-3-4-7(16)9(8)13(20)19-12-10(14)11(15)17-6-18-12/h3-6H,2,16H2,1H3,(H,17,18,19,20). The van der Waals surface area contributed by atoms with Crippen molar-refractivity contribution in [2.75, 3.05) is 17.7 Å². The lowest BCUT2D eigenvalue weighted by Gasteiger charge is -2.13. The van der Waals surface area contributed by atoms with Crippen LogP contribution in [-0.4, -0.2) is 22.5 Å². The van der Waals surface area contributed by atoms with Gasteiger partial charge in [0.2, 0.25) is 0 Å². The van der Waals surface area contributed by atoms with Gasteiger partial charge in [0, 0.05) is 5.69 Å². The third-order valence-electron chi connectivity index (χ3n) is 2.56. The number of nitrogens with two attached hydrogens (primary N) is 1. The second kappa shape index (κ2) is 6.60. The number of anilines is 2. The highest BCUT2D eigenvalue weighted by Crippen LogP contribution is 2.29. The number of carbonyl (C=O) groups is 1. The van der Waals surface area contributed by atoms with Crippen molar-refractivity contribution in [1.29, 1.82) is 0 Å². The molecule has 0 bridgehead atoms. The molecular weight excluding hydrogens is 315 g/mol. The highest BCUT2D eigenvalue weighted by Gasteiger charge is 2.18. The van der Waals surface area contributed by atoms with Gasteiger partial charge in [0.05, 0.1) is 6.61 Å². The molecule has 1 heterocycles. The Morgan fingerprint density at radius 2 is 2.14 bits per heavy atom. The number of ether oxygens (including phenoxy) is 1. The zero-order valence-corrected chi connectivity index (χ0v) is 12.6.